The second-order valence-corrected chi connectivity index (χ2v) is 7.81. The van der Waals surface area contributed by atoms with Gasteiger partial charge in [0, 0.05) is 28.5 Å². The lowest BCUT2D eigenvalue weighted by Gasteiger charge is -2.19. The maximum absolute atomic E-state index is 10.6. The van der Waals surface area contributed by atoms with E-state index in [1.165, 1.54) is 0 Å². The Morgan fingerprint density at radius 1 is 0.938 bits per heavy atom. The molecule has 158 valence electrons. The van der Waals surface area contributed by atoms with Crippen LogP contribution < -0.4 is 11.1 Å². The predicted molar refractivity (Wildman–Crippen MR) is 130 cm³/mol. The van der Waals surface area contributed by atoms with Crippen molar-refractivity contribution in [2.24, 2.45) is 5.73 Å². The molecule has 0 amide bonds. The van der Waals surface area contributed by atoms with Crippen LogP contribution in [-0.2, 0) is 6.54 Å². The fourth-order valence-electron chi connectivity index (χ4n) is 3.97. The lowest BCUT2D eigenvalue weighted by molar-refractivity contribution is 0.420. The molecule has 0 aliphatic heterocycles. The number of hydrogen-bond donors (Lipinski definition) is 4. The van der Waals surface area contributed by atoms with Crippen LogP contribution in [0.15, 0.2) is 96.3 Å². The minimum absolute atomic E-state index is 0.139. The van der Waals surface area contributed by atoms with Crippen molar-refractivity contribution in [3.05, 3.63) is 107 Å². The summed E-state index contributed by atoms with van der Waals surface area (Å²) in [7, 11) is 0. The minimum Gasteiger partial charge on any atom is -0.508 e. The van der Waals surface area contributed by atoms with Crippen molar-refractivity contribution in [1.29, 1.82) is 0 Å². The molecule has 0 fully saturated rings. The van der Waals surface area contributed by atoms with Gasteiger partial charge in [-0.25, -0.2) is 4.98 Å². The van der Waals surface area contributed by atoms with Gasteiger partial charge in [-0.2, -0.15) is 0 Å². The Morgan fingerprint density at radius 3 is 2.50 bits per heavy atom. The Hall–Kier alpha value is -4.09. The van der Waals surface area contributed by atoms with Gasteiger partial charge in [0.1, 0.15) is 11.5 Å². The number of phenolic OH excluding ortho intramolecular Hbond substituents is 1. The van der Waals surface area contributed by atoms with Crippen molar-refractivity contribution >= 4 is 33.2 Å². The molecule has 5 N–H and O–H groups in total. The maximum atomic E-state index is 10.6. The van der Waals surface area contributed by atoms with Crippen LogP contribution in [0, 0.1) is 0 Å². The van der Waals surface area contributed by atoms with E-state index in [4.69, 9.17) is 10.7 Å². The molecule has 0 unspecified atom stereocenters. The second kappa shape index (κ2) is 8.21. The Kier molecular flexibility index (Phi) is 5.09. The quantitative estimate of drug-likeness (QED) is 0.248. The van der Waals surface area contributed by atoms with Crippen molar-refractivity contribution < 1.29 is 10.2 Å². The molecule has 4 aromatic rings. The van der Waals surface area contributed by atoms with E-state index < -0.39 is 0 Å². The lowest BCUT2D eigenvalue weighted by Crippen LogP contribution is -2.06. The number of para-hydroxylation sites is 2. The average molecular weight is 422 g/mol. The Bertz CT molecular complexity index is 1430. The van der Waals surface area contributed by atoms with Gasteiger partial charge in [-0.15, -0.1) is 0 Å². The second-order valence-electron chi connectivity index (χ2n) is 7.81. The molecule has 1 heterocycles. The molecule has 5 nitrogen and oxygen atoms in total. The number of allylic oxidation sites excluding steroid dienone is 4. The Morgan fingerprint density at radius 2 is 1.72 bits per heavy atom. The fourth-order valence-corrected chi connectivity index (χ4v) is 3.97. The zero-order chi connectivity index (χ0) is 22.1. The van der Waals surface area contributed by atoms with Crippen LogP contribution in [0.1, 0.15) is 17.5 Å². The van der Waals surface area contributed by atoms with E-state index in [9.17, 15) is 10.2 Å². The monoisotopic (exact) mass is 421 g/mol. The van der Waals surface area contributed by atoms with Gasteiger partial charge in [0.2, 0.25) is 0 Å². The molecule has 0 radical (unpaired) electrons. The summed E-state index contributed by atoms with van der Waals surface area (Å²) in [6.07, 6.45) is 6.07. The van der Waals surface area contributed by atoms with E-state index in [0.29, 0.717) is 18.7 Å². The van der Waals surface area contributed by atoms with Crippen LogP contribution >= 0.6 is 0 Å². The average Bonchev–Trinajstić information content (AvgIpc) is 2.82. The molecule has 5 heteroatoms. The number of nitrogens with zero attached hydrogens (tertiary/aromatic N) is 1. The number of hydrogen-bond acceptors (Lipinski definition) is 5. The molecule has 0 saturated heterocycles. The van der Waals surface area contributed by atoms with Gasteiger partial charge in [0.05, 0.1) is 22.4 Å². The third-order valence-electron chi connectivity index (χ3n) is 5.69. The summed E-state index contributed by atoms with van der Waals surface area (Å²) in [5, 5.41) is 26.3. The van der Waals surface area contributed by atoms with Crippen molar-refractivity contribution in [3.63, 3.8) is 0 Å². The normalized spacial score (nSPS) is 15.1. The van der Waals surface area contributed by atoms with Gasteiger partial charge in [-0.3, -0.25) is 0 Å². The molecule has 1 aliphatic rings. The number of anilines is 1. The molecule has 32 heavy (non-hydrogen) atoms. The van der Waals surface area contributed by atoms with Crippen LogP contribution in [-0.4, -0.2) is 15.2 Å². The minimum atomic E-state index is 0.139. The summed E-state index contributed by atoms with van der Waals surface area (Å²) in [6.45, 7) is 0.468. The SMILES string of the molecule is NCc1ccc2cc3ccc(C(Nc4ccccc4O)=C4CC=CC=C4O)cc3nc2c1. The van der Waals surface area contributed by atoms with Crippen molar-refractivity contribution in [2.75, 3.05) is 5.32 Å². The number of rotatable bonds is 4. The summed E-state index contributed by atoms with van der Waals surface area (Å²) in [4.78, 5) is 4.87. The predicted octanol–water partition coefficient (Wildman–Crippen LogP) is 5.78. The van der Waals surface area contributed by atoms with E-state index in [1.54, 1.807) is 24.3 Å². The lowest BCUT2D eigenvalue weighted by atomic mass is 9.97. The molecular formula is C27H23N3O2. The molecule has 1 aliphatic carbocycles. The molecule has 0 saturated carbocycles. The van der Waals surface area contributed by atoms with E-state index in [-0.39, 0.29) is 11.5 Å². The first-order valence-corrected chi connectivity index (χ1v) is 10.5. The number of aromatic hydroxyl groups is 1. The first kappa shape index (κ1) is 19.8. The summed E-state index contributed by atoms with van der Waals surface area (Å²) in [5.41, 5.74) is 11.5. The number of benzene rings is 3. The molecule has 5 rings (SSSR count). The van der Waals surface area contributed by atoms with Crippen LogP contribution in [0.2, 0.25) is 0 Å². The van der Waals surface area contributed by atoms with Crippen molar-refractivity contribution in [1.82, 2.24) is 4.98 Å². The molecular weight excluding hydrogens is 398 g/mol. The highest BCUT2D eigenvalue weighted by atomic mass is 16.3. The van der Waals surface area contributed by atoms with Crippen LogP contribution in [0.25, 0.3) is 27.5 Å². The van der Waals surface area contributed by atoms with Gasteiger partial charge in [-0.1, -0.05) is 48.6 Å². The van der Waals surface area contributed by atoms with Gasteiger partial charge in [0.25, 0.3) is 0 Å². The smallest absolute Gasteiger partial charge is 0.139 e. The van der Waals surface area contributed by atoms with Crippen LogP contribution in [0.3, 0.4) is 0 Å². The largest absolute Gasteiger partial charge is 0.508 e. The van der Waals surface area contributed by atoms with E-state index >= 15 is 0 Å². The maximum Gasteiger partial charge on any atom is 0.139 e. The number of aliphatic hydroxyl groups is 1. The number of fused-ring (bicyclic) bond motifs is 2. The molecule has 0 bridgehead atoms. The summed E-state index contributed by atoms with van der Waals surface area (Å²) in [6, 6.07) is 21.3. The highest BCUT2D eigenvalue weighted by Gasteiger charge is 2.16. The highest BCUT2D eigenvalue weighted by molar-refractivity contribution is 5.95. The topological polar surface area (TPSA) is 91.4 Å². The first-order chi connectivity index (χ1) is 15.6. The molecule has 3 aromatic carbocycles. The Balaban J connectivity index is 1.67. The van der Waals surface area contributed by atoms with Crippen molar-refractivity contribution in [2.45, 2.75) is 13.0 Å². The molecule has 1 aromatic heterocycles. The summed E-state index contributed by atoms with van der Waals surface area (Å²) in [5.74, 6) is 0.337. The molecule has 0 spiro atoms. The summed E-state index contributed by atoms with van der Waals surface area (Å²) < 4.78 is 0. The van der Waals surface area contributed by atoms with E-state index in [2.05, 4.69) is 11.4 Å². The van der Waals surface area contributed by atoms with Gasteiger partial charge in [0.15, 0.2) is 0 Å². The number of phenols is 1. The van der Waals surface area contributed by atoms with Gasteiger partial charge >= 0.3 is 0 Å². The Labute approximate surface area is 185 Å². The van der Waals surface area contributed by atoms with Gasteiger partial charge in [-0.05, 0) is 48.4 Å². The van der Waals surface area contributed by atoms with Crippen LogP contribution in [0.4, 0.5) is 5.69 Å². The molecule has 0 atom stereocenters. The number of nitrogens with two attached hydrogens (primary N) is 1. The highest BCUT2D eigenvalue weighted by Crippen LogP contribution is 2.33. The first-order valence-electron chi connectivity index (χ1n) is 10.5. The number of nitrogens with one attached hydrogen (secondary N) is 1. The third-order valence-corrected chi connectivity index (χ3v) is 5.69. The zero-order valence-corrected chi connectivity index (χ0v) is 17.4. The standard InChI is InChI=1S/C27H23N3O2/c28-16-17-9-10-18-14-19-11-12-20(15-24(19)29-23(18)13-17)27(21-5-1-3-7-25(21)31)30-22-6-2-4-8-26(22)32/h1-4,6-15,30-32H,5,16,28H2. The van der Waals surface area contributed by atoms with E-state index in [0.717, 1.165) is 44.2 Å². The number of pyridine rings is 1. The number of aliphatic hydroxyl groups excluding tert-OH is 1. The summed E-state index contributed by atoms with van der Waals surface area (Å²) >= 11 is 0. The van der Waals surface area contributed by atoms with Gasteiger partial charge < -0.3 is 21.3 Å². The zero-order valence-electron chi connectivity index (χ0n) is 17.4. The van der Waals surface area contributed by atoms with Crippen molar-refractivity contribution in [3.8, 4) is 5.75 Å². The fraction of sp³-hybridized carbons (Fsp3) is 0.0741. The third kappa shape index (κ3) is 3.70. The number of aromatic nitrogens is 1. The van der Waals surface area contributed by atoms with E-state index in [1.807, 2.05) is 54.6 Å². The van der Waals surface area contributed by atoms with Crippen LogP contribution in [0.5, 0.6) is 5.75 Å².